The van der Waals surface area contributed by atoms with Crippen molar-refractivity contribution in [2.24, 2.45) is 0 Å². The molecule has 88 valence electrons. The number of nitrogens with two attached hydrogens (primary N) is 1. The molecule has 5 heteroatoms. The van der Waals surface area contributed by atoms with E-state index in [0.717, 1.165) is 6.07 Å². The molecule has 0 bridgehead atoms. The minimum atomic E-state index is -4.44. The first-order valence-electron chi connectivity index (χ1n) is 4.69. The number of alkyl halides is 3. The number of hydrogen-bond acceptors (Lipinski definition) is 2. The van der Waals surface area contributed by atoms with Gasteiger partial charge in [0.25, 0.3) is 0 Å². The van der Waals surface area contributed by atoms with Crippen molar-refractivity contribution >= 4 is 11.8 Å². The van der Waals surface area contributed by atoms with Gasteiger partial charge in [-0.05, 0) is 24.1 Å². The fourth-order valence-electron chi connectivity index (χ4n) is 1.22. The molecule has 0 fully saturated rings. The predicted molar refractivity (Wildman–Crippen MR) is 56.6 cm³/mol. The molecule has 0 amide bonds. The van der Waals surface area contributed by atoms with Crippen LogP contribution in [0, 0.1) is 0 Å². The van der Waals surface area contributed by atoms with Crippen molar-refractivity contribution in [3.05, 3.63) is 35.4 Å². The van der Waals surface area contributed by atoms with Crippen molar-refractivity contribution in [2.75, 3.05) is 12.3 Å². The fourth-order valence-corrected chi connectivity index (χ4v) is 1.22. The molecule has 0 spiro atoms. The Balaban J connectivity index is 2.99. The lowest BCUT2D eigenvalue weighted by Crippen LogP contribution is -2.08. The zero-order chi connectivity index (χ0) is 12.2. The second kappa shape index (κ2) is 5.03. The van der Waals surface area contributed by atoms with Crippen molar-refractivity contribution in [1.29, 1.82) is 0 Å². The summed E-state index contributed by atoms with van der Waals surface area (Å²) in [5.41, 5.74) is 4.54. The smallest absolute Gasteiger partial charge is 0.398 e. The molecule has 3 N–H and O–H groups in total. The number of halogens is 3. The maximum absolute atomic E-state index is 12.5. The summed E-state index contributed by atoms with van der Waals surface area (Å²) in [6.07, 6.45) is -0.910. The normalized spacial score (nSPS) is 12.2. The van der Waals surface area contributed by atoms with Crippen LogP contribution in [0.25, 0.3) is 6.08 Å². The van der Waals surface area contributed by atoms with Gasteiger partial charge >= 0.3 is 6.18 Å². The number of benzene rings is 1. The van der Waals surface area contributed by atoms with E-state index in [1.165, 1.54) is 18.2 Å². The van der Waals surface area contributed by atoms with E-state index in [9.17, 15) is 13.2 Å². The predicted octanol–water partition coefficient (Wildman–Crippen LogP) is 2.68. The third-order valence-electron chi connectivity index (χ3n) is 1.99. The molecular weight excluding hydrogens is 219 g/mol. The molecule has 0 aliphatic carbocycles. The number of aliphatic hydroxyl groups excluding tert-OH is 1. The first-order chi connectivity index (χ1) is 7.45. The van der Waals surface area contributed by atoms with Gasteiger partial charge in [0.05, 0.1) is 5.56 Å². The lowest BCUT2D eigenvalue weighted by atomic mass is 10.1. The third kappa shape index (κ3) is 3.27. The van der Waals surface area contributed by atoms with Gasteiger partial charge in [0.15, 0.2) is 0 Å². The zero-order valence-electron chi connectivity index (χ0n) is 8.46. The van der Waals surface area contributed by atoms with Crippen LogP contribution in [0.5, 0.6) is 0 Å². The fraction of sp³-hybridized carbons (Fsp3) is 0.273. The molecular formula is C11H12F3NO. The molecule has 1 rings (SSSR count). The van der Waals surface area contributed by atoms with Crippen molar-refractivity contribution in [2.45, 2.75) is 12.6 Å². The van der Waals surface area contributed by atoms with E-state index < -0.39 is 11.7 Å². The minimum Gasteiger partial charge on any atom is -0.398 e. The van der Waals surface area contributed by atoms with Crippen molar-refractivity contribution in [3.8, 4) is 0 Å². The van der Waals surface area contributed by atoms with Gasteiger partial charge in [-0.2, -0.15) is 13.2 Å². The van der Waals surface area contributed by atoms with Gasteiger partial charge in [0, 0.05) is 12.3 Å². The Bertz CT molecular complexity index is 385. The molecule has 0 radical (unpaired) electrons. The number of nitrogen functional groups attached to an aromatic ring is 1. The molecule has 2 nitrogen and oxygen atoms in total. The summed E-state index contributed by atoms with van der Waals surface area (Å²) in [5.74, 6) is 0. The Morgan fingerprint density at radius 1 is 1.31 bits per heavy atom. The summed E-state index contributed by atoms with van der Waals surface area (Å²) >= 11 is 0. The number of anilines is 1. The molecule has 0 aliphatic rings. The summed E-state index contributed by atoms with van der Waals surface area (Å²) in [4.78, 5) is 0. The molecule has 1 aromatic rings. The lowest BCUT2D eigenvalue weighted by Gasteiger charge is -2.10. The molecule has 0 saturated heterocycles. The van der Waals surface area contributed by atoms with Crippen LogP contribution >= 0.6 is 0 Å². The summed E-state index contributed by atoms with van der Waals surface area (Å²) in [6, 6.07) is 3.71. The summed E-state index contributed by atoms with van der Waals surface area (Å²) in [5, 5.41) is 8.52. The highest BCUT2D eigenvalue weighted by Gasteiger charge is 2.32. The Kier molecular flexibility index (Phi) is 3.95. The highest BCUT2D eigenvalue weighted by molar-refractivity contribution is 5.58. The van der Waals surface area contributed by atoms with E-state index in [1.54, 1.807) is 6.08 Å². The molecule has 0 unspecified atom stereocenters. The molecule has 0 atom stereocenters. The maximum Gasteiger partial charge on any atom is 0.418 e. The highest BCUT2D eigenvalue weighted by atomic mass is 19.4. The van der Waals surface area contributed by atoms with Crippen molar-refractivity contribution in [1.82, 2.24) is 0 Å². The van der Waals surface area contributed by atoms with Gasteiger partial charge in [-0.15, -0.1) is 0 Å². The second-order valence-corrected chi connectivity index (χ2v) is 3.26. The molecule has 1 aromatic carbocycles. The largest absolute Gasteiger partial charge is 0.418 e. The van der Waals surface area contributed by atoms with E-state index in [4.69, 9.17) is 10.8 Å². The van der Waals surface area contributed by atoms with E-state index >= 15 is 0 Å². The van der Waals surface area contributed by atoms with Gasteiger partial charge in [-0.3, -0.25) is 0 Å². The first kappa shape index (κ1) is 12.6. The Morgan fingerprint density at radius 2 is 2.00 bits per heavy atom. The topological polar surface area (TPSA) is 46.2 Å². The maximum atomic E-state index is 12.5. The lowest BCUT2D eigenvalue weighted by molar-refractivity contribution is -0.136. The van der Waals surface area contributed by atoms with Crippen LogP contribution in [0.15, 0.2) is 24.3 Å². The molecule has 0 aliphatic heterocycles. The third-order valence-corrected chi connectivity index (χ3v) is 1.99. The van der Waals surface area contributed by atoms with Gasteiger partial charge in [0.1, 0.15) is 0 Å². The van der Waals surface area contributed by atoms with E-state index in [1.807, 2.05) is 0 Å². The van der Waals surface area contributed by atoms with E-state index in [2.05, 4.69) is 0 Å². The zero-order valence-corrected chi connectivity index (χ0v) is 8.46. The Morgan fingerprint density at radius 3 is 2.56 bits per heavy atom. The van der Waals surface area contributed by atoms with Crippen LogP contribution in [0.4, 0.5) is 18.9 Å². The molecule has 0 heterocycles. The molecule has 16 heavy (non-hydrogen) atoms. The van der Waals surface area contributed by atoms with Crippen molar-refractivity contribution in [3.63, 3.8) is 0 Å². The monoisotopic (exact) mass is 231 g/mol. The number of rotatable bonds is 3. The van der Waals surface area contributed by atoms with Gasteiger partial charge in [-0.25, -0.2) is 0 Å². The average Bonchev–Trinajstić information content (AvgIpc) is 2.19. The molecule has 0 saturated carbocycles. The highest BCUT2D eigenvalue weighted by Crippen LogP contribution is 2.34. The van der Waals surface area contributed by atoms with Crippen LogP contribution in [-0.2, 0) is 6.18 Å². The Labute approximate surface area is 91.2 Å². The van der Waals surface area contributed by atoms with Crippen LogP contribution in [0.1, 0.15) is 17.5 Å². The number of aliphatic hydroxyl groups is 1. The van der Waals surface area contributed by atoms with Crippen LogP contribution in [0.2, 0.25) is 0 Å². The average molecular weight is 231 g/mol. The van der Waals surface area contributed by atoms with Gasteiger partial charge in [-0.1, -0.05) is 18.2 Å². The second-order valence-electron chi connectivity index (χ2n) is 3.26. The summed E-state index contributed by atoms with van der Waals surface area (Å²) < 4.78 is 37.4. The van der Waals surface area contributed by atoms with Crippen molar-refractivity contribution < 1.29 is 18.3 Å². The number of hydrogen-bond donors (Lipinski definition) is 2. The van der Waals surface area contributed by atoms with Crippen LogP contribution < -0.4 is 5.73 Å². The SMILES string of the molecule is Nc1ccc(C=CCCO)cc1C(F)(F)F. The summed E-state index contributed by atoms with van der Waals surface area (Å²) in [7, 11) is 0. The first-order valence-corrected chi connectivity index (χ1v) is 4.69. The van der Waals surface area contributed by atoms with Gasteiger partial charge < -0.3 is 10.8 Å². The standard InChI is InChI=1S/C11H12F3NO/c12-11(13,14)9-7-8(3-1-2-6-16)4-5-10(9)15/h1,3-5,7,16H,2,6,15H2. The van der Waals surface area contributed by atoms with E-state index in [-0.39, 0.29) is 12.3 Å². The quantitative estimate of drug-likeness (QED) is 0.785. The molecule has 0 aromatic heterocycles. The van der Waals surface area contributed by atoms with Gasteiger partial charge in [0.2, 0.25) is 0 Å². The van der Waals surface area contributed by atoms with Crippen LogP contribution in [0.3, 0.4) is 0 Å². The van der Waals surface area contributed by atoms with E-state index in [0.29, 0.717) is 12.0 Å². The van der Waals surface area contributed by atoms with Crippen LogP contribution in [-0.4, -0.2) is 11.7 Å². The summed E-state index contributed by atoms with van der Waals surface area (Å²) in [6.45, 7) is -0.0302. The Hall–Kier alpha value is -1.49. The minimum absolute atomic E-state index is 0.0302.